The van der Waals surface area contributed by atoms with Gasteiger partial charge < -0.3 is 4.90 Å². The summed E-state index contributed by atoms with van der Waals surface area (Å²) in [6.07, 6.45) is 1.12. The standard InChI is InChI=1S/C17H22N4O4S/c1-3-12(2)21(13-8-9-26(24,25)11-13)16(22)10-20-17(23)14-6-4-5-7-15(14)18-19-20/h4-7,12-13H,3,8-11H2,1-2H3. The third-order valence-electron chi connectivity index (χ3n) is 4.87. The van der Waals surface area contributed by atoms with Gasteiger partial charge in [0.15, 0.2) is 9.84 Å². The SMILES string of the molecule is CCC(C)N(C(=O)Cn1nnc2ccccc2c1=O)C1CCS(=O)(=O)C1. The Kier molecular flexibility index (Phi) is 5.08. The van der Waals surface area contributed by atoms with Crippen LogP contribution in [0.1, 0.15) is 26.7 Å². The highest BCUT2D eigenvalue weighted by Crippen LogP contribution is 2.21. The van der Waals surface area contributed by atoms with E-state index in [1.54, 1.807) is 29.2 Å². The van der Waals surface area contributed by atoms with Gasteiger partial charge >= 0.3 is 0 Å². The summed E-state index contributed by atoms with van der Waals surface area (Å²) in [5.74, 6) is -0.247. The van der Waals surface area contributed by atoms with Crippen molar-refractivity contribution in [2.24, 2.45) is 0 Å². The van der Waals surface area contributed by atoms with Gasteiger partial charge in [-0.1, -0.05) is 24.3 Å². The zero-order chi connectivity index (χ0) is 18.9. The van der Waals surface area contributed by atoms with Crippen LogP contribution in [0.3, 0.4) is 0 Å². The van der Waals surface area contributed by atoms with Crippen LogP contribution in [-0.4, -0.2) is 57.8 Å². The Balaban J connectivity index is 1.89. The quantitative estimate of drug-likeness (QED) is 0.755. The molecular weight excluding hydrogens is 356 g/mol. The van der Waals surface area contributed by atoms with Crippen molar-refractivity contribution < 1.29 is 13.2 Å². The van der Waals surface area contributed by atoms with E-state index in [9.17, 15) is 18.0 Å². The summed E-state index contributed by atoms with van der Waals surface area (Å²) < 4.78 is 24.7. The lowest BCUT2D eigenvalue weighted by molar-refractivity contribution is -0.136. The maximum Gasteiger partial charge on any atom is 0.278 e. The fourth-order valence-electron chi connectivity index (χ4n) is 3.34. The van der Waals surface area contributed by atoms with Gasteiger partial charge in [0.05, 0.1) is 16.9 Å². The predicted molar refractivity (Wildman–Crippen MR) is 97.5 cm³/mol. The van der Waals surface area contributed by atoms with Gasteiger partial charge in [0.1, 0.15) is 12.1 Å². The molecule has 0 saturated carbocycles. The first-order valence-corrected chi connectivity index (χ1v) is 10.5. The second-order valence-electron chi connectivity index (χ2n) is 6.68. The van der Waals surface area contributed by atoms with Crippen LogP contribution in [0.2, 0.25) is 0 Å². The summed E-state index contributed by atoms with van der Waals surface area (Å²) in [5.41, 5.74) is 0.0916. The molecule has 2 heterocycles. The second kappa shape index (κ2) is 7.14. The third kappa shape index (κ3) is 3.62. The molecule has 140 valence electrons. The van der Waals surface area contributed by atoms with Gasteiger partial charge in [0, 0.05) is 12.1 Å². The van der Waals surface area contributed by atoms with Gasteiger partial charge in [-0.25, -0.2) is 13.1 Å². The first-order valence-electron chi connectivity index (χ1n) is 8.66. The van der Waals surface area contributed by atoms with Crippen LogP contribution >= 0.6 is 0 Å². The van der Waals surface area contributed by atoms with Crippen molar-refractivity contribution in [2.45, 2.75) is 45.3 Å². The summed E-state index contributed by atoms with van der Waals surface area (Å²) >= 11 is 0. The normalized spacial score (nSPS) is 20.2. The molecule has 3 rings (SSSR count). The number of rotatable bonds is 5. The lowest BCUT2D eigenvalue weighted by Crippen LogP contribution is -2.48. The maximum absolute atomic E-state index is 12.9. The molecule has 2 aromatic rings. The zero-order valence-corrected chi connectivity index (χ0v) is 15.6. The average Bonchev–Trinajstić information content (AvgIpc) is 2.97. The van der Waals surface area contributed by atoms with E-state index in [1.807, 2.05) is 13.8 Å². The molecule has 9 heteroatoms. The molecule has 0 spiro atoms. The molecule has 0 aliphatic carbocycles. The third-order valence-corrected chi connectivity index (χ3v) is 6.62. The van der Waals surface area contributed by atoms with Gasteiger partial charge in [-0.05, 0) is 31.9 Å². The Morgan fingerprint density at radius 2 is 2.12 bits per heavy atom. The van der Waals surface area contributed by atoms with E-state index in [0.29, 0.717) is 23.7 Å². The largest absolute Gasteiger partial charge is 0.334 e. The number of fused-ring (bicyclic) bond motifs is 1. The molecule has 0 bridgehead atoms. The summed E-state index contributed by atoms with van der Waals surface area (Å²) in [6, 6.07) is 6.34. The second-order valence-corrected chi connectivity index (χ2v) is 8.91. The fraction of sp³-hybridized carbons (Fsp3) is 0.529. The Morgan fingerprint density at radius 3 is 2.77 bits per heavy atom. The van der Waals surface area contributed by atoms with Crippen molar-refractivity contribution in [1.29, 1.82) is 0 Å². The van der Waals surface area contributed by atoms with Crippen molar-refractivity contribution >= 4 is 26.6 Å². The van der Waals surface area contributed by atoms with Crippen molar-refractivity contribution in [3.05, 3.63) is 34.6 Å². The molecule has 2 unspecified atom stereocenters. The molecule has 1 aliphatic heterocycles. The number of sulfone groups is 1. The highest BCUT2D eigenvalue weighted by Gasteiger charge is 2.36. The Hall–Kier alpha value is -2.29. The van der Waals surface area contributed by atoms with Crippen LogP contribution in [0.5, 0.6) is 0 Å². The fourth-order valence-corrected chi connectivity index (χ4v) is 5.05. The van der Waals surface area contributed by atoms with E-state index >= 15 is 0 Å². The van der Waals surface area contributed by atoms with Crippen LogP contribution in [-0.2, 0) is 21.2 Å². The summed E-state index contributed by atoms with van der Waals surface area (Å²) in [4.78, 5) is 27.1. The van der Waals surface area contributed by atoms with Crippen molar-refractivity contribution in [3.8, 4) is 0 Å². The zero-order valence-electron chi connectivity index (χ0n) is 14.8. The highest BCUT2D eigenvalue weighted by atomic mass is 32.2. The summed E-state index contributed by atoms with van der Waals surface area (Å²) in [6.45, 7) is 3.58. The first kappa shape index (κ1) is 18.5. The first-order chi connectivity index (χ1) is 12.3. The van der Waals surface area contributed by atoms with Crippen LogP contribution in [0, 0.1) is 0 Å². The highest BCUT2D eigenvalue weighted by molar-refractivity contribution is 7.91. The molecule has 0 radical (unpaired) electrons. The van der Waals surface area contributed by atoms with Gasteiger partial charge in [0.2, 0.25) is 5.91 Å². The van der Waals surface area contributed by atoms with Crippen molar-refractivity contribution in [1.82, 2.24) is 19.9 Å². The minimum absolute atomic E-state index is 0.0264. The van der Waals surface area contributed by atoms with E-state index in [1.165, 1.54) is 0 Å². The molecule has 26 heavy (non-hydrogen) atoms. The van der Waals surface area contributed by atoms with Crippen molar-refractivity contribution in [3.63, 3.8) is 0 Å². The van der Waals surface area contributed by atoms with E-state index in [2.05, 4.69) is 10.3 Å². The van der Waals surface area contributed by atoms with Gasteiger partial charge in [-0.15, -0.1) is 5.10 Å². The van der Waals surface area contributed by atoms with Crippen LogP contribution in [0.4, 0.5) is 0 Å². The van der Waals surface area contributed by atoms with Gasteiger partial charge in [0.25, 0.3) is 5.56 Å². The van der Waals surface area contributed by atoms with E-state index in [0.717, 1.165) is 4.68 Å². The van der Waals surface area contributed by atoms with E-state index < -0.39 is 9.84 Å². The molecule has 1 saturated heterocycles. The van der Waals surface area contributed by atoms with E-state index in [-0.39, 0.29) is 41.6 Å². The Labute approximate surface area is 151 Å². The molecule has 1 aromatic heterocycles. The minimum Gasteiger partial charge on any atom is -0.334 e. The molecule has 1 amide bonds. The summed E-state index contributed by atoms with van der Waals surface area (Å²) in [5, 5.41) is 8.24. The van der Waals surface area contributed by atoms with Crippen LogP contribution in [0.15, 0.2) is 29.1 Å². The monoisotopic (exact) mass is 378 g/mol. The summed E-state index contributed by atoms with van der Waals surface area (Å²) in [7, 11) is -3.12. The number of amides is 1. The number of hydrogen-bond acceptors (Lipinski definition) is 6. The minimum atomic E-state index is -3.12. The number of carbonyl (C=O) groups is 1. The lowest BCUT2D eigenvalue weighted by atomic mass is 10.1. The lowest BCUT2D eigenvalue weighted by Gasteiger charge is -2.33. The molecule has 1 aliphatic rings. The van der Waals surface area contributed by atoms with Crippen LogP contribution < -0.4 is 5.56 Å². The van der Waals surface area contributed by atoms with Gasteiger partial charge in [-0.2, -0.15) is 0 Å². The number of carbonyl (C=O) groups excluding carboxylic acids is 1. The molecule has 8 nitrogen and oxygen atoms in total. The predicted octanol–water partition coefficient (Wildman–Crippen LogP) is 0.606. The van der Waals surface area contributed by atoms with Crippen molar-refractivity contribution in [2.75, 3.05) is 11.5 Å². The maximum atomic E-state index is 12.9. The Morgan fingerprint density at radius 1 is 1.38 bits per heavy atom. The number of nitrogens with zero attached hydrogens (tertiary/aromatic N) is 4. The van der Waals surface area contributed by atoms with Gasteiger partial charge in [-0.3, -0.25) is 9.59 Å². The number of aromatic nitrogens is 3. The smallest absolute Gasteiger partial charge is 0.278 e. The van der Waals surface area contributed by atoms with Crippen LogP contribution in [0.25, 0.3) is 10.9 Å². The number of hydrogen-bond donors (Lipinski definition) is 0. The Bertz CT molecular complexity index is 986. The van der Waals surface area contributed by atoms with E-state index in [4.69, 9.17) is 0 Å². The molecule has 1 aromatic carbocycles. The molecule has 0 N–H and O–H groups in total. The average molecular weight is 378 g/mol. The number of benzene rings is 1. The molecule has 2 atom stereocenters. The molecule has 1 fully saturated rings. The topological polar surface area (TPSA) is 102 Å². The molecular formula is C17H22N4O4S.